The molecular weight excluding hydrogens is 599 g/mol. The third-order valence-corrected chi connectivity index (χ3v) is 6.80. The number of benzene rings is 3. The van der Waals surface area contributed by atoms with E-state index in [2.05, 4.69) is 38.2 Å². The lowest BCUT2D eigenvalue weighted by Gasteiger charge is -2.12. The predicted octanol–water partition coefficient (Wildman–Crippen LogP) is 6.18. The van der Waals surface area contributed by atoms with Gasteiger partial charge in [0.2, 0.25) is 0 Å². The maximum absolute atomic E-state index is 13.7. The van der Waals surface area contributed by atoms with Crippen LogP contribution in [0.3, 0.4) is 0 Å². The van der Waals surface area contributed by atoms with E-state index in [9.17, 15) is 18.4 Å². The Morgan fingerprint density at radius 2 is 1.78 bits per heavy atom. The number of amides is 1. The van der Waals surface area contributed by atoms with Gasteiger partial charge < -0.3 is 15.7 Å². The van der Waals surface area contributed by atoms with Crippen molar-refractivity contribution in [1.82, 2.24) is 10.3 Å². The zero-order valence-corrected chi connectivity index (χ0v) is 21.7. The zero-order valence-electron chi connectivity index (χ0n) is 18.7. The van der Waals surface area contributed by atoms with E-state index in [1.54, 1.807) is 12.1 Å². The Labute approximate surface area is 223 Å². The van der Waals surface area contributed by atoms with Crippen molar-refractivity contribution in [2.75, 3.05) is 11.9 Å². The average Bonchev–Trinajstić information content (AvgIpc) is 3.35. The van der Waals surface area contributed by atoms with E-state index in [4.69, 9.17) is 5.11 Å². The summed E-state index contributed by atoms with van der Waals surface area (Å²) in [6, 6.07) is 16.7. The number of carbonyl (C=O) groups is 2. The highest BCUT2D eigenvalue weighted by Crippen LogP contribution is 2.35. The molecule has 3 aromatic carbocycles. The summed E-state index contributed by atoms with van der Waals surface area (Å²) in [5.41, 5.74) is 4.21. The van der Waals surface area contributed by atoms with Crippen LogP contribution < -0.4 is 10.6 Å². The second-order valence-corrected chi connectivity index (χ2v) is 9.91. The van der Waals surface area contributed by atoms with Gasteiger partial charge in [0.05, 0.1) is 12.1 Å². The lowest BCUT2D eigenvalue weighted by atomic mass is 10.1. The van der Waals surface area contributed by atoms with E-state index >= 15 is 0 Å². The van der Waals surface area contributed by atoms with Gasteiger partial charge in [-0.3, -0.25) is 9.59 Å². The van der Waals surface area contributed by atoms with Crippen LogP contribution in [0.15, 0.2) is 66.0 Å². The van der Waals surface area contributed by atoms with E-state index < -0.39 is 17.6 Å². The number of carboxylic acids is 1. The van der Waals surface area contributed by atoms with Gasteiger partial charge in [0, 0.05) is 44.4 Å². The van der Waals surface area contributed by atoms with Crippen molar-refractivity contribution >= 4 is 51.5 Å². The summed E-state index contributed by atoms with van der Waals surface area (Å²) >= 11 is 3.64. The molecule has 0 spiro atoms. The second kappa shape index (κ2) is 11.6. The number of carboxylic acid groups (broad SMARTS) is 1. The molecule has 0 unspecified atom stereocenters. The van der Waals surface area contributed by atoms with Gasteiger partial charge >= 0.3 is 5.97 Å². The standard InChI is InChI=1S/C26H20F2IN3O3S/c27-20-7-5-17(11-21(20)28)23-14-36-26(32-23)19-12-18(29)6-8-22(19)31-13-15-1-3-16(4-2-15)25(35)30-10-9-24(33)34/h1-8,11-12,14,31H,9-10,13H2,(H,30,35)(H,33,34). The Morgan fingerprint density at radius 3 is 2.50 bits per heavy atom. The molecule has 0 fully saturated rings. The fourth-order valence-electron chi connectivity index (χ4n) is 3.39. The van der Waals surface area contributed by atoms with Crippen LogP contribution in [-0.4, -0.2) is 28.5 Å². The number of carbonyl (C=O) groups excluding carboxylic acids is 1. The molecule has 4 rings (SSSR count). The highest BCUT2D eigenvalue weighted by atomic mass is 127. The van der Waals surface area contributed by atoms with E-state index in [0.29, 0.717) is 23.4 Å². The highest BCUT2D eigenvalue weighted by molar-refractivity contribution is 14.1. The molecule has 0 bridgehead atoms. The van der Waals surface area contributed by atoms with Crippen LogP contribution in [0.25, 0.3) is 21.8 Å². The monoisotopic (exact) mass is 619 g/mol. The van der Waals surface area contributed by atoms with Gasteiger partial charge in [-0.25, -0.2) is 13.8 Å². The van der Waals surface area contributed by atoms with Crippen molar-refractivity contribution in [3.05, 3.63) is 92.4 Å². The molecule has 0 atom stereocenters. The minimum absolute atomic E-state index is 0.0711. The smallest absolute Gasteiger partial charge is 0.305 e. The first kappa shape index (κ1) is 25.7. The summed E-state index contributed by atoms with van der Waals surface area (Å²) in [6.45, 7) is 0.567. The molecule has 0 aliphatic heterocycles. The molecule has 1 aromatic heterocycles. The molecule has 0 saturated carbocycles. The van der Waals surface area contributed by atoms with Crippen molar-refractivity contribution in [2.45, 2.75) is 13.0 Å². The largest absolute Gasteiger partial charge is 0.481 e. The van der Waals surface area contributed by atoms with Crippen LogP contribution in [0.5, 0.6) is 0 Å². The van der Waals surface area contributed by atoms with Crippen molar-refractivity contribution in [3.63, 3.8) is 0 Å². The Kier molecular flexibility index (Phi) is 8.26. The molecule has 0 aliphatic rings. The van der Waals surface area contributed by atoms with Crippen LogP contribution >= 0.6 is 33.9 Å². The first-order valence-corrected chi connectivity index (χ1v) is 12.8. The quantitative estimate of drug-likeness (QED) is 0.195. The first-order valence-electron chi connectivity index (χ1n) is 10.8. The maximum atomic E-state index is 13.7. The number of thiazole rings is 1. The van der Waals surface area contributed by atoms with Gasteiger partial charge in [0.1, 0.15) is 5.01 Å². The van der Waals surface area contributed by atoms with Crippen molar-refractivity contribution in [1.29, 1.82) is 0 Å². The van der Waals surface area contributed by atoms with Crippen molar-refractivity contribution in [2.24, 2.45) is 0 Å². The maximum Gasteiger partial charge on any atom is 0.305 e. The molecule has 0 saturated heterocycles. The lowest BCUT2D eigenvalue weighted by molar-refractivity contribution is -0.136. The zero-order chi connectivity index (χ0) is 25.7. The number of hydrogen-bond donors (Lipinski definition) is 3. The topological polar surface area (TPSA) is 91.3 Å². The van der Waals surface area contributed by atoms with E-state index in [0.717, 1.165) is 37.5 Å². The number of aliphatic carboxylic acids is 1. The summed E-state index contributed by atoms with van der Waals surface area (Å²) in [6.07, 6.45) is -0.131. The van der Waals surface area contributed by atoms with Crippen molar-refractivity contribution < 1.29 is 23.5 Å². The van der Waals surface area contributed by atoms with Crippen LogP contribution in [0, 0.1) is 15.2 Å². The molecule has 1 heterocycles. The lowest BCUT2D eigenvalue weighted by Crippen LogP contribution is -2.25. The van der Waals surface area contributed by atoms with Crippen LogP contribution in [0.2, 0.25) is 0 Å². The molecule has 184 valence electrons. The number of anilines is 1. The molecule has 3 N–H and O–H groups in total. The summed E-state index contributed by atoms with van der Waals surface area (Å²) in [7, 11) is 0. The van der Waals surface area contributed by atoms with Gasteiger partial charge in [-0.1, -0.05) is 12.1 Å². The fraction of sp³-hybridized carbons (Fsp3) is 0.115. The minimum Gasteiger partial charge on any atom is -0.481 e. The van der Waals surface area contributed by atoms with Gasteiger partial charge in [0.25, 0.3) is 5.91 Å². The van der Waals surface area contributed by atoms with Gasteiger partial charge in [0.15, 0.2) is 11.6 Å². The Balaban J connectivity index is 1.46. The Hall–Kier alpha value is -3.38. The third kappa shape index (κ3) is 6.43. The SMILES string of the molecule is O=C(O)CCNC(=O)c1ccc(CNc2ccc(I)cc2-c2nc(-c3ccc(F)c(F)c3)cs2)cc1. The van der Waals surface area contributed by atoms with E-state index in [1.807, 2.05) is 35.7 Å². The number of aromatic nitrogens is 1. The second-order valence-electron chi connectivity index (χ2n) is 7.81. The third-order valence-electron chi connectivity index (χ3n) is 5.26. The molecule has 6 nitrogen and oxygen atoms in total. The molecule has 0 aliphatic carbocycles. The molecule has 36 heavy (non-hydrogen) atoms. The van der Waals surface area contributed by atoms with Gasteiger partial charge in [-0.05, 0) is 76.7 Å². The number of nitrogens with zero attached hydrogens (tertiary/aromatic N) is 1. The average molecular weight is 619 g/mol. The molecule has 4 aromatic rings. The van der Waals surface area contributed by atoms with Crippen molar-refractivity contribution in [3.8, 4) is 21.8 Å². The molecule has 0 radical (unpaired) electrons. The summed E-state index contributed by atoms with van der Waals surface area (Å²) in [4.78, 5) is 27.4. The highest BCUT2D eigenvalue weighted by Gasteiger charge is 2.13. The van der Waals surface area contributed by atoms with Crippen LogP contribution in [-0.2, 0) is 11.3 Å². The Morgan fingerprint density at radius 1 is 1.00 bits per heavy atom. The molecular formula is C26H20F2IN3O3S. The van der Waals surface area contributed by atoms with E-state index in [-0.39, 0.29) is 18.9 Å². The summed E-state index contributed by atoms with van der Waals surface area (Å²) < 4.78 is 28.0. The van der Waals surface area contributed by atoms with Gasteiger partial charge in [-0.15, -0.1) is 11.3 Å². The number of rotatable bonds is 9. The fourth-order valence-corrected chi connectivity index (χ4v) is 4.74. The molecule has 1 amide bonds. The van der Waals surface area contributed by atoms with E-state index in [1.165, 1.54) is 17.4 Å². The number of halogens is 3. The molecule has 10 heteroatoms. The minimum atomic E-state index is -0.968. The normalized spacial score (nSPS) is 10.8. The van der Waals surface area contributed by atoms with Crippen LogP contribution in [0.4, 0.5) is 14.5 Å². The summed E-state index contributed by atoms with van der Waals surface area (Å²) in [5.74, 6) is -3.10. The number of nitrogens with one attached hydrogen (secondary N) is 2. The van der Waals surface area contributed by atoms with Crippen LogP contribution in [0.1, 0.15) is 22.3 Å². The van der Waals surface area contributed by atoms with Gasteiger partial charge in [-0.2, -0.15) is 0 Å². The number of hydrogen-bond acceptors (Lipinski definition) is 5. The first-order chi connectivity index (χ1) is 17.3. The predicted molar refractivity (Wildman–Crippen MR) is 144 cm³/mol. The summed E-state index contributed by atoms with van der Waals surface area (Å²) in [5, 5.41) is 17.2. The Bertz CT molecular complexity index is 1410.